The predicted octanol–water partition coefficient (Wildman–Crippen LogP) is 6.00. The van der Waals surface area contributed by atoms with Crippen molar-refractivity contribution in [2.75, 3.05) is 6.61 Å². The third-order valence-electron chi connectivity index (χ3n) is 7.48. The Morgan fingerprint density at radius 3 is 2.60 bits per heavy atom. The van der Waals surface area contributed by atoms with Gasteiger partial charge in [-0.3, -0.25) is 9.74 Å². The number of hydrogen-bond acceptors (Lipinski definition) is 7. The zero-order valence-electron chi connectivity index (χ0n) is 25.0. The van der Waals surface area contributed by atoms with Gasteiger partial charge in [-0.2, -0.15) is 5.10 Å². The lowest BCUT2D eigenvalue weighted by Gasteiger charge is -2.28. The minimum Gasteiger partial charge on any atom is -0.490 e. The van der Waals surface area contributed by atoms with E-state index in [0.717, 1.165) is 11.1 Å². The number of aryl methyl sites for hydroxylation is 2. The van der Waals surface area contributed by atoms with Crippen LogP contribution in [-0.2, 0) is 27.4 Å². The third kappa shape index (κ3) is 5.94. The zero-order chi connectivity index (χ0) is 31.1. The maximum atomic E-state index is 15.5. The second-order valence-electron chi connectivity index (χ2n) is 11.7. The van der Waals surface area contributed by atoms with E-state index in [0.29, 0.717) is 41.8 Å². The Balaban J connectivity index is 1.72. The van der Waals surface area contributed by atoms with Crippen molar-refractivity contribution < 1.29 is 32.9 Å². The summed E-state index contributed by atoms with van der Waals surface area (Å²) in [5.41, 5.74) is 3.79. The second kappa shape index (κ2) is 11.7. The second-order valence-corrected chi connectivity index (χ2v) is 11.7. The van der Waals surface area contributed by atoms with Crippen LogP contribution in [0.2, 0.25) is 0 Å². The molecule has 0 spiro atoms. The highest BCUT2D eigenvalue weighted by Crippen LogP contribution is 2.41. The number of rotatable bonds is 7. The van der Waals surface area contributed by atoms with Crippen LogP contribution in [0.4, 0.5) is 8.92 Å². The first-order valence-electron chi connectivity index (χ1n) is 14.1. The Kier molecular flexibility index (Phi) is 8.20. The molecule has 226 valence electrons. The number of fused-ring (bicyclic) bond motifs is 2. The molecule has 0 saturated heterocycles. The van der Waals surface area contributed by atoms with E-state index < -0.39 is 29.4 Å². The predicted molar refractivity (Wildman–Crippen MR) is 155 cm³/mol. The highest BCUT2D eigenvalue weighted by atomic mass is 19.3. The number of nitrogens with one attached hydrogen (secondary N) is 1. The first-order chi connectivity index (χ1) is 20.4. The SMILES string of the molecule is Cc1ccccc1CNC(=O)c1cc2nc(C)c([C@H](OC(C)(C)C)C(=O)OF)c(-c3cc(F)c4c(c3C)CCCO4)n2n1. The van der Waals surface area contributed by atoms with Gasteiger partial charge < -0.3 is 14.8 Å². The molecule has 11 heteroatoms. The maximum Gasteiger partial charge on any atom is 0.381 e. The number of ether oxygens (including phenoxy) is 2. The summed E-state index contributed by atoms with van der Waals surface area (Å²) in [5.74, 6) is -2.17. The van der Waals surface area contributed by atoms with Crippen LogP contribution in [0.25, 0.3) is 16.9 Å². The molecule has 1 aliphatic heterocycles. The monoisotopic (exact) mass is 592 g/mol. The van der Waals surface area contributed by atoms with E-state index in [1.807, 2.05) is 38.1 Å². The summed E-state index contributed by atoms with van der Waals surface area (Å²) in [6, 6.07) is 10.5. The summed E-state index contributed by atoms with van der Waals surface area (Å²) >= 11 is 0. The molecule has 43 heavy (non-hydrogen) atoms. The van der Waals surface area contributed by atoms with E-state index in [2.05, 4.69) is 20.3 Å². The van der Waals surface area contributed by atoms with Crippen molar-refractivity contribution in [1.82, 2.24) is 19.9 Å². The summed E-state index contributed by atoms with van der Waals surface area (Å²) < 4.78 is 42.1. The number of halogens is 2. The number of benzene rings is 2. The van der Waals surface area contributed by atoms with Crippen molar-refractivity contribution in [3.05, 3.63) is 81.4 Å². The van der Waals surface area contributed by atoms with Crippen LogP contribution in [0.3, 0.4) is 0 Å². The molecule has 0 saturated carbocycles. The van der Waals surface area contributed by atoms with Gasteiger partial charge in [-0.25, -0.2) is 18.7 Å². The molecular formula is C32H34F2N4O5. The molecule has 1 amide bonds. The van der Waals surface area contributed by atoms with Crippen LogP contribution in [0.1, 0.15) is 77.3 Å². The minimum atomic E-state index is -1.57. The minimum absolute atomic E-state index is 0.0552. The molecule has 9 nitrogen and oxygen atoms in total. The molecule has 0 bridgehead atoms. The van der Waals surface area contributed by atoms with Gasteiger partial charge in [-0.1, -0.05) is 24.3 Å². The van der Waals surface area contributed by atoms with Crippen LogP contribution in [0.5, 0.6) is 5.75 Å². The number of carbonyl (C=O) groups is 2. The average Bonchev–Trinajstić information content (AvgIpc) is 3.39. The molecule has 0 unspecified atom stereocenters. The Bertz CT molecular complexity index is 1730. The lowest BCUT2D eigenvalue weighted by Crippen LogP contribution is -2.29. The molecule has 1 aliphatic rings. The fourth-order valence-electron chi connectivity index (χ4n) is 5.41. The zero-order valence-corrected chi connectivity index (χ0v) is 25.0. The fraction of sp³-hybridized carbons (Fsp3) is 0.375. The summed E-state index contributed by atoms with van der Waals surface area (Å²) in [4.78, 5) is 34.4. The molecule has 0 fully saturated rings. The maximum absolute atomic E-state index is 15.5. The third-order valence-corrected chi connectivity index (χ3v) is 7.48. The topological polar surface area (TPSA) is 104 Å². The standard InChI is InChI=1S/C32H34F2N4O5/c1-17-10-7-8-11-20(17)16-35-30(39)24-15-25-36-19(3)26(29(31(40)43-34)42-32(4,5)6)27(38(25)37-24)22-14-23(33)28-21(18(22)2)12-9-13-41-28/h7-8,10-11,14-15,29H,9,12-13,16H2,1-6H3,(H,35,39)/t29-/m0/s1. The number of amides is 1. The van der Waals surface area contributed by atoms with Gasteiger partial charge >= 0.3 is 5.97 Å². The number of nitrogens with zero attached hydrogens (tertiary/aromatic N) is 3. The van der Waals surface area contributed by atoms with Crippen LogP contribution in [0, 0.1) is 26.6 Å². The van der Waals surface area contributed by atoms with Gasteiger partial charge in [0.25, 0.3) is 5.91 Å². The van der Waals surface area contributed by atoms with Gasteiger partial charge in [-0.15, -0.1) is 0 Å². The Hall–Kier alpha value is -4.38. The average molecular weight is 593 g/mol. The van der Waals surface area contributed by atoms with E-state index in [9.17, 15) is 14.1 Å². The summed E-state index contributed by atoms with van der Waals surface area (Å²) in [7, 11) is 0. The van der Waals surface area contributed by atoms with Crippen molar-refractivity contribution in [2.45, 2.75) is 72.6 Å². The van der Waals surface area contributed by atoms with Gasteiger partial charge in [0.05, 0.1) is 17.9 Å². The fourth-order valence-corrected chi connectivity index (χ4v) is 5.41. The number of carbonyl (C=O) groups excluding carboxylic acids is 2. The van der Waals surface area contributed by atoms with E-state index in [1.165, 1.54) is 16.6 Å². The van der Waals surface area contributed by atoms with Crippen LogP contribution < -0.4 is 10.1 Å². The lowest BCUT2D eigenvalue weighted by molar-refractivity contribution is -0.205. The quantitative estimate of drug-likeness (QED) is 0.281. The highest BCUT2D eigenvalue weighted by Gasteiger charge is 2.36. The molecule has 0 aliphatic carbocycles. The van der Waals surface area contributed by atoms with Gasteiger partial charge in [0.1, 0.15) is 0 Å². The molecule has 0 radical (unpaired) electrons. The first-order valence-corrected chi connectivity index (χ1v) is 14.1. The van der Waals surface area contributed by atoms with Crippen LogP contribution in [-0.4, -0.2) is 38.7 Å². The summed E-state index contributed by atoms with van der Waals surface area (Å²) in [5, 5.41) is 7.44. The van der Waals surface area contributed by atoms with Crippen molar-refractivity contribution in [1.29, 1.82) is 0 Å². The largest absolute Gasteiger partial charge is 0.490 e. The van der Waals surface area contributed by atoms with Gasteiger partial charge in [0.2, 0.25) is 0 Å². The number of hydrogen-bond donors (Lipinski definition) is 1. The molecule has 3 heterocycles. The van der Waals surface area contributed by atoms with Crippen molar-refractivity contribution >= 4 is 17.5 Å². The van der Waals surface area contributed by atoms with Crippen LogP contribution >= 0.6 is 0 Å². The first kappa shape index (κ1) is 30.1. The van der Waals surface area contributed by atoms with Gasteiger partial charge in [-0.05, 0) is 77.1 Å². The summed E-state index contributed by atoms with van der Waals surface area (Å²) in [6.07, 6.45) is -0.297. The van der Waals surface area contributed by atoms with Gasteiger partial charge in [0.15, 0.2) is 29.0 Å². The van der Waals surface area contributed by atoms with Gasteiger partial charge in [0, 0.05) is 39.5 Å². The van der Waals surface area contributed by atoms with Crippen molar-refractivity contribution in [3.63, 3.8) is 0 Å². The van der Waals surface area contributed by atoms with Crippen molar-refractivity contribution in [3.8, 4) is 17.0 Å². The van der Waals surface area contributed by atoms with E-state index >= 15 is 4.39 Å². The normalized spacial score (nSPS) is 13.8. The molecular weight excluding hydrogens is 558 g/mol. The van der Waals surface area contributed by atoms with E-state index in [-0.39, 0.29) is 34.9 Å². The molecule has 2 aromatic heterocycles. The molecule has 4 aromatic rings. The molecule has 2 aromatic carbocycles. The Labute approximate surface area is 248 Å². The highest BCUT2D eigenvalue weighted by molar-refractivity contribution is 5.93. The molecule has 1 N–H and O–H groups in total. The van der Waals surface area contributed by atoms with E-state index in [4.69, 9.17) is 9.47 Å². The Morgan fingerprint density at radius 1 is 1.16 bits per heavy atom. The molecule has 1 atom stereocenters. The number of aromatic nitrogens is 3. The molecule has 5 rings (SSSR count). The smallest absolute Gasteiger partial charge is 0.381 e. The van der Waals surface area contributed by atoms with E-state index in [1.54, 1.807) is 27.7 Å². The van der Waals surface area contributed by atoms with Crippen LogP contribution in [0.15, 0.2) is 36.4 Å². The Morgan fingerprint density at radius 2 is 1.91 bits per heavy atom. The lowest BCUT2D eigenvalue weighted by atomic mass is 9.91. The summed E-state index contributed by atoms with van der Waals surface area (Å²) in [6.45, 7) is 11.2. The van der Waals surface area contributed by atoms with Crippen molar-refractivity contribution in [2.24, 2.45) is 0 Å².